The number of hydrogen-bond donors (Lipinski definition) is 1. The van der Waals surface area contributed by atoms with Gasteiger partial charge in [-0.1, -0.05) is 13.0 Å². The number of ether oxygens (including phenoxy) is 2. The Kier molecular flexibility index (Phi) is 5.30. The second-order valence-corrected chi connectivity index (χ2v) is 5.79. The van der Waals surface area contributed by atoms with Gasteiger partial charge >= 0.3 is 0 Å². The van der Waals surface area contributed by atoms with Crippen LogP contribution < -0.4 is 14.8 Å². The Labute approximate surface area is 122 Å². The summed E-state index contributed by atoms with van der Waals surface area (Å²) < 4.78 is 11.8. The minimum absolute atomic E-state index is 0.0171. The van der Waals surface area contributed by atoms with Crippen LogP contribution in [0.5, 0.6) is 11.5 Å². The van der Waals surface area contributed by atoms with Gasteiger partial charge < -0.3 is 14.8 Å². The van der Waals surface area contributed by atoms with Crippen molar-refractivity contribution in [2.75, 3.05) is 20.2 Å². The fraction of sp³-hybridized carbons (Fsp3) is 0.647. The van der Waals surface area contributed by atoms with Crippen molar-refractivity contribution in [2.45, 2.75) is 51.6 Å². The largest absolute Gasteiger partial charge is 0.493 e. The first-order valence-corrected chi connectivity index (χ1v) is 7.73. The van der Waals surface area contributed by atoms with Crippen LogP contribution in [-0.2, 0) is 0 Å². The molecule has 0 heterocycles. The third-order valence-corrected chi connectivity index (χ3v) is 4.09. The van der Waals surface area contributed by atoms with Gasteiger partial charge in [-0.15, -0.1) is 0 Å². The second-order valence-electron chi connectivity index (χ2n) is 5.79. The maximum atomic E-state index is 6.33. The summed E-state index contributed by atoms with van der Waals surface area (Å²) in [4.78, 5) is 0. The molecule has 1 saturated carbocycles. The molecule has 0 saturated heterocycles. The summed E-state index contributed by atoms with van der Waals surface area (Å²) in [6.45, 7) is 6.38. The Morgan fingerprint density at radius 3 is 2.60 bits per heavy atom. The van der Waals surface area contributed by atoms with E-state index < -0.39 is 0 Å². The minimum Gasteiger partial charge on any atom is -0.493 e. The van der Waals surface area contributed by atoms with E-state index in [1.807, 2.05) is 12.1 Å². The molecule has 1 N–H and O–H groups in total. The van der Waals surface area contributed by atoms with Crippen molar-refractivity contribution in [2.24, 2.45) is 0 Å². The van der Waals surface area contributed by atoms with E-state index in [1.54, 1.807) is 7.11 Å². The molecule has 3 heteroatoms. The fourth-order valence-corrected chi connectivity index (χ4v) is 2.68. The van der Waals surface area contributed by atoms with Crippen LogP contribution in [0.3, 0.4) is 0 Å². The average Bonchev–Trinajstić information content (AvgIpc) is 2.42. The lowest BCUT2D eigenvalue weighted by Gasteiger charge is -2.42. The van der Waals surface area contributed by atoms with Gasteiger partial charge in [0.15, 0.2) is 11.5 Å². The highest BCUT2D eigenvalue weighted by Gasteiger charge is 2.39. The normalized spacial score (nSPS) is 16.6. The number of benzene rings is 1. The molecule has 0 unspecified atom stereocenters. The van der Waals surface area contributed by atoms with Crippen LogP contribution >= 0.6 is 0 Å². The first-order chi connectivity index (χ1) is 9.69. The van der Waals surface area contributed by atoms with E-state index in [4.69, 9.17) is 9.47 Å². The molecule has 0 aromatic heterocycles. The monoisotopic (exact) mass is 277 g/mol. The molecule has 20 heavy (non-hydrogen) atoms. The van der Waals surface area contributed by atoms with Gasteiger partial charge in [-0.2, -0.15) is 0 Å². The molecular formula is C17H27NO2. The number of aryl methyl sites for hydroxylation is 1. The van der Waals surface area contributed by atoms with Crippen molar-refractivity contribution in [3.8, 4) is 11.5 Å². The highest BCUT2D eigenvalue weighted by Crippen LogP contribution is 2.42. The number of nitrogens with one attached hydrogen (secondary N) is 1. The summed E-state index contributed by atoms with van der Waals surface area (Å²) in [6.07, 6.45) is 5.82. The van der Waals surface area contributed by atoms with Crippen molar-refractivity contribution >= 4 is 0 Å². The lowest BCUT2D eigenvalue weighted by Crippen LogP contribution is -2.45. The van der Waals surface area contributed by atoms with Gasteiger partial charge in [0.2, 0.25) is 0 Å². The van der Waals surface area contributed by atoms with Crippen molar-refractivity contribution in [3.05, 3.63) is 23.8 Å². The molecule has 2 rings (SSSR count). The van der Waals surface area contributed by atoms with Gasteiger partial charge in [0.05, 0.1) is 7.11 Å². The van der Waals surface area contributed by atoms with Gasteiger partial charge in [-0.3, -0.25) is 0 Å². The third kappa shape index (κ3) is 3.66. The SMILES string of the molecule is CCCNCCC1(Oc2ccc(C)cc2OC)CCC1. The topological polar surface area (TPSA) is 30.5 Å². The maximum absolute atomic E-state index is 6.33. The van der Waals surface area contributed by atoms with Crippen LogP contribution in [0.1, 0.15) is 44.6 Å². The molecule has 1 aliphatic rings. The van der Waals surface area contributed by atoms with E-state index >= 15 is 0 Å². The van der Waals surface area contributed by atoms with Crippen LogP contribution in [0.4, 0.5) is 0 Å². The molecule has 0 atom stereocenters. The van der Waals surface area contributed by atoms with Crippen LogP contribution in [0.25, 0.3) is 0 Å². The first kappa shape index (κ1) is 15.2. The minimum atomic E-state index is 0.0171. The first-order valence-electron chi connectivity index (χ1n) is 7.73. The molecule has 1 aromatic carbocycles. The molecule has 112 valence electrons. The lowest BCUT2D eigenvalue weighted by atomic mass is 9.77. The highest BCUT2D eigenvalue weighted by atomic mass is 16.5. The summed E-state index contributed by atoms with van der Waals surface area (Å²) in [5.41, 5.74) is 1.21. The molecule has 3 nitrogen and oxygen atoms in total. The highest BCUT2D eigenvalue weighted by molar-refractivity contribution is 5.43. The van der Waals surface area contributed by atoms with Crippen molar-refractivity contribution in [1.29, 1.82) is 0 Å². The number of methoxy groups -OCH3 is 1. The van der Waals surface area contributed by atoms with Gasteiger partial charge in [0.1, 0.15) is 5.60 Å². The van der Waals surface area contributed by atoms with E-state index in [2.05, 4.69) is 25.2 Å². The van der Waals surface area contributed by atoms with E-state index in [9.17, 15) is 0 Å². The fourth-order valence-electron chi connectivity index (χ4n) is 2.68. The molecule has 0 bridgehead atoms. The van der Waals surface area contributed by atoms with E-state index in [-0.39, 0.29) is 5.60 Å². The lowest BCUT2D eigenvalue weighted by molar-refractivity contribution is -0.0160. The van der Waals surface area contributed by atoms with Crippen LogP contribution in [-0.4, -0.2) is 25.8 Å². The van der Waals surface area contributed by atoms with Crippen LogP contribution in [0.15, 0.2) is 18.2 Å². The quantitative estimate of drug-likeness (QED) is 0.735. The molecule has 1 fully saturated rings. The Morgan fingerprint density at radius 2 is 2.00 bits per heavy atom. The number of hydrogen-bond acceptors (Lipinski definition) is 3. The molecule has 0 radical (unpaired) electrons. The molecule has 0 aliphatic heterocycles. The Morgan fingerprint density at radius 1 is 1.20 bits per heavy atom. The molecule has 0 spiro atoms. The second kappa shape index (κ2) is 6.98. The smallest absolute Gasteiger partial charge is 0.162 e. The zero-order valence-electron chi connectivity index (χ0n) is 13.0. The van der Waals surface area contributed by atoms with E-state index in [0.717, 1.165) is 43.9 Å². The van der Waals surface area contributed by atoms with Gasteiger partial charge in [0.25, 0.3) is 0 Å². The van der Waals surface area contributed by atoms with E-state index in [1.165, 1.54) is 18.4 Å². The Hall–Kier alpha value is -1.22. The third-order valence-electron chi connectivity index (χ3n) is 4.09. The maximum Gasteiger partial charge on any atom is 0.162 e. The predicted octanol–water partition coefficient (Wildman–Crippen LogP) is 3.69. The Bertz CT molecular complexity index is 427. The van der Waals surface area contributed by atoms with Gasteiger partial charge in [0, 0.05) is 0 Å². The summed E-state index contributed by atoms with van der Waals surface area (Å²) >= 11 is 0. The van der Waals surface area contributed by atoms with Crippen molar-refractivity contribution in [1.82, 2.24) is 5.32 Å². The molecule has 1 aromatic rings. The zero-order valence-corrected chi connectivity index (χ0v) is 13.0. The summed E-state index contributed by atoms with van der Waals surface area (Å²) in [5, 5.41) is 3.47. The molecular weight excluding hydrogens is 250 g/mol. The van der Waals surface area contributed by atoms with Crippen molar-refractivity contribution < 1.29 is 9.47 Å². The average molecular weight is 277 g/mol. The standard InChI is InChI=1S/C17H27NO2/c1-4-11-18-12-10-17(8-5-9-17)20-15-7-6-14(2)13-16(15)19-3/h6-7,13,18H,4-5,8-12H2,1-3H3. The summed E-state index contributed by atoms with van der Waals surface area (Å²) in [5.74, 6) is 1.73. The molecule has 0 amide bonds. The van der Waals surface area contributed by atoms with Gasteiger partial charge in [-0.25, -0.2) is 0 Å². The van der Waals surface area contributed by atoms with Crippen LogP contribution in [0, 0.1) is 6.92 Å². The van der Waals surface area contributed by atoms with Crippen LogP contribution in [0.2, 0.25) is 0 Å². The number of rotatable bonds is 8. The molecule has 1 aliphatic carbocycles. The van der Waals surface area contributed by atoms with E-state index in [0.29, 0.717) is 0 Å². The summed E-state index contributed by atoms with van der Waals surface area (Å²) in [7, 11) is 1.71. The predicted molar refractivity (Wildman–Crippen MR) is 82.7 cm³/mol. The Balaban J connectivity index is 1.98. The van der Waals surface area contributed by atoms with Crippen molar-refractivity contribution in [3.63, 3.8) is 0 Å². The van der Waals surface area contributed by atoms with Gasteiger partial charge in [-0.05, 0) is 69.8 Å². The summed E-state index contributed by atoms with van der Waals surface area (Å²) in [6, 6.07) is 6.16. The zero-order chi connectivity index (χ0) is 14.4.